The summed E-state index contributed by atoms with van der Waals surface area (Å²) in [4.78, 5) is 0. The van der Waals surface area contributed by atoms with E-state index in [0.29, 0.717) is 5.75 Å². The molecule has 1 nitrogen and oxygen atoms in total. The Kier molecular flexibility index (Phi) is 16.1. The zero-order valence-corrected chi connectivity index (χ0v) is 17.1. The summed E-state index contributed by atoms with van der Waals surface area (Å²) < 4.78 is 1.42. The molecule has 0 atom stereocenters. The van der Waals surface area contributed by atoms with Gasteiger partial charge in [0, 0.05) is 0 Å². The second kappa shape index (κ2) is 15.4. The fourth-order valence-corrected chi connectivity index (χ4v) is 1.66. The maximum atomic E-state index is 9.27. The molecule has 2 aromatic rings. The Balaban J connectivity index is 0. The van der Waals surface area contributed by atoms with Crippen molar-refractivity contribution in [2.75, 3.05) is 0 Å². The van der Waals surface area contributed by atoms with Crippen molar-refractivity contribution >= 4 is 28.6 Å². The molecule has 0 amide bonds. The van der Waals surface area contributed by atoms with Crippen LogP contribution in [-0.2, 0) is 20.0 Å². The van der Waals surface area contributed by atoms with Crippen molar-refractivity contribution in [3.8, 4) is 16.9 Å². The minimum atomic E-state index is 0. The molecule has 127 valence electrons. The van der Waals surface area contributed by atoms with Crippen molar-refractivity contribution in [1.82, 2.24) is 0 Å². The van der Waals surface area contributed by atoms with E-state index in [1.54, 1.807) is 12.1 Å². The third-order valence-corrected chi connectivity index (χ3v) is 2.54. The summed E-state index contributed by atoms with van der Waals surface area (Å²) in [5.74, 6) is 0.307. The van der Waals surface area contributed by atoms with E-state index in [1.807, 2.05) is 54.6 Å². The molecule has 1 aliphatic carbocycles. The molecular formula is C20H23Cl2OTi. The van der Waals surface area contributed by atoms with Gasteiger partial charge in [0.2, 0.25) is 0 Å². The van der Waals surface area contributed by atoms with Crippen molar-refractivity contribution in [2.45, 2.75) is 20.3 Å². The summed E-state index contributed by atoms with van der Waals surface area (Å²) in [6.45, 7) is 4.17. The Bertz CT molecular complexity index is 623. The molecule has 3 rings (SSSR count). The third kappa shape index (κ3) is 12.3. The van der Waals surface area contributed by atoms with Gasteiger partial charge in [0.15, 0.2) is 0 Å². The number of benzene rings is 2. The summed E-state index contributed by atoms with van der Waals surface area (Å²) in [5, 5.41) is 9.27. The van der Waals surface area contributed by atoms with Crippen LogP contribution in [-0.4, -0.2) is 8.92 Å². The number of hydrogen-bond donors (Lipinski definition) is 1. The maximum Gasteiger partial charge on any atom is 0.116 e. The second-order valence-electron chi connectivity index (χ2n) is 4.92. The van der Waals surface area contributed by atoms with Crippen LogP contribution in [0.5, 0.6) is 5.75 Å². The van der Waals surface area contributed by atoms with Crippen LogP contribution in [0.1, 0.15) is 20.3 Å². The van der Waals surface area contributed by atoms with Crippen molar-refractivity contribution in [1.29, 1.82) is 0 Å². The number of hydrogen-bond acceptors (Lipinski definition) is 1. The summed E-state index contributed by atoms with van der Waals surface area (Å²) in [6.07, 6.45) is 10.0. The monoisotopic (exact) mass is 397 g/mol. The predicted octanol–water partition coefficient (Wildman–Crippen LogP) is 5.95. The number of aromatic hydroxyl groups is 1. The van der Waals surface area contributed by atoms with E-state index in [4.69, 9.17) is 0 Å². The van der Waals surface area contributed by atoms with Crippen LogP contribution in [0.2, 0.25) is 0 Å². The molecule has 0 radical (unpaired) electrons. The third-order valence-electron chi connectivity index (χ3n) is 2.54. The first-order chi connectivity index (χ1) is 10.6. The van der Waals surface area contributed by atoms with Gasteiger partial charge in [-0.05, 0) is 23.3 Å². The molecule has 0 unspecified atom stereocenters. The molecule has 1 N–H and O–H groups in total. The van der Waals surface area contributed by atoms with E-state index in [9.17, 15) is 5.11 Å². The smallest absolute Gasteiger partial charge is 0.116 e. The molecule has 0 fully saturated rings. The maximum absolute atomic E-state index is 9.27. The van der Waals surface area contributed by atoms with Crippen LogP contribution in [0.4, 0.5) is 0 Å². The van der Waals surface area contributed by atoms with Gasteiger partial charge in [-0.25, -0.2) is 12.2 Å². The van der Waals surface area contributed by atoms with Gasteiger partial charge in [-0.1, -0.05) is 42.5 Å². The molecule has 0 saturated carbocycles. The molecule has 0 spiro atoms. The van der Waals surface area contributed by atoms with Crippen LogP contribution < -0.4 is 0 Å². The number of rotatable bonds is 1. The normalized spacial score (nSPS) is 10.2. The Morgan fingerprint density at radius 3 is 1.96 bits per heavy atom. The Morgan fingerprint density at radius 1 is 0.958 bits per heavy atom. The van der Waals surface area contributed by atoms with Gasteiger partial charge in [0.05, 0.1) is 0 Å². The number of phenolic OH excluding ortho intramolecular Hbond substituents is 1. The van der Waals surface area contributed by atoms with Gasteiger partial charge in [-0.3, -0.25) is 6.08 Å². The van der Waals surface area contributed by atoms with Gasteiger partial charge >= 0.3 is 37.6 Å². The zero-order valence-electron chi connectivity index (χ0n) is 13.9. The molecule has 0 aliphatic heterocycles. The minimum absolute atomic E-state index is 0. The van der Waals surface area contributed by atoms with E-state index >= 15 is 0 Å². The summed E-state index contributed by atoms with van der Waals surface area (Å²) in [6, 6.07) is 17.3. The standard InChI is InChI=1S/C12H10O.C5H5.C3H6.2ClH.Ti/c13-12-8-4-7-11(9-12)10-5-2-1-3-6-10;1-2-4-5-3-1;1-3-2;;;/h1-9,13H;1-3H,4H2;1-2H3;2*1H;/q;-1;;;;+1. The summed E-state index contributed by atoms with van der Waals surface area (Å²) in [7, 11) is 0. The van der Waals surface area contributed by atoms with Crippen molar-refractivity contribution in [2.24, 2.45) is 0 Å². The molecular weight excluding hydrogens is 375 g/mol. The largest absolute Gasteiger partial charge is 0.508 e. The van der Waals surface area contributed by atoms with Crippen LogP contribution in [0, 0.1) is 6.08 Å². The van der Waals surface area contributed by atoms with Gasteiger partial charge in [-0.2, -0.15) is 6.08 Å². The average molecular weight is 398 g/mol. The first-order valence-corrected chi connectivity index (χ1v) is 7.95. The zero-order chi connectivity index (χ0) is 16.2. The SMILES string of the molecule is C[C](C)=[Ti+].Cl.Cl.Oc1cccc(-c2ccccc2)c1.[C-]1=CC=CC1. The Morgan fingerprint density at radius 2 is 1.54 bits per heavy atom. The molecule has 24 heavy (non-hydrogen) atoms. The van der Waals surface area contributed by atoms with Crippen LogP contribution in [0.25, 0.3) is 11.1 Å². The van der Waals surface area contributed by atoms with Gasteiger partial charge in [-0.15, -0.1) is 31.2 Å². The minimum Gasteiger partial charge on any atom is -0.508 e. The predicted molar refractivity (Wildman–Crippen MR) is 106 cm³/mol. The van der Waals surface area contributed by atoms with E-state index in [1.165, 1.54) is 3.81 Å². The quantitative estimate of drug-likeness (QED) is 0.465. The number of halogens is 2. The van der Waals surface area contributed by atoms with E-state index < -0.39 is 0 Å². The van der Waals surface area contributed by atoms with Crippen molar-refractivity contribution < 1.29 is 25.1 Å². The van der Waals surface area contributed by atoms with Crippen molar-refractivity contribution in [3.05, 3.63) is 78.9 Å². The molecule has 1 aliphatic rings. The average Bonchev–Trinajstić information content (AvgIpc) is 3.07. The number of allylic oxidation sites excluding steroid dienone is 4. The first-order valence-electron chi connectivity index (χ1n) is 7.17. The molecule has 4 heteroatoms. The first kappa shape index (κ1) is 25.1. The van der Waals surface area contributed by atoms with E-state index in [2.05, 4.69) is 46.0 Å². The fraction of sp³-hybridized carbons (Fsp3) is 0.150. The molecule has 0 saturated heterocycles. The number of phenols is 1. The molecule has 0 heterocycles. The van der Waals surface area contributed by atoms with Crippen LogP contribution in [0.3, 0.4) is 0 Å². The van der Waals surface area contributed by atoms with Gasteiger partial charge in [0.25, 0.3) is 0 Å². The van der Waals surface area contributed by atoms with Gasteiger partial charge in [0.1, 0.15) is 5.75 Å². The Hall–Kier alpha value is -1.12. The second-order valence-corrected chi connectivity index (χ2v) is 6.48. The topological polar surface area (TPSA) is 20.2 Å². The summed E-state index contributed by atoms with van der Waals surface area (Å²) in [5.41, 5.74) is 2.17. The molecule has 0 aromatic heterocycles. The van der Waals surface area contributed by atoms with E-state index in [0.717, 1.165) is 17.5 Å². The van der Waals surface area contributed by atoms with Crippen LogP contribution in [0.15, 0.2) is 72.8 Å². The van der Waals surface area contributed by atoms with Crippen LogP contribution >= 0.6 is 24.8 Å². The fourth-order valence-electron chi connectivity index (χ4n) is 1.66. The molecule has 0 bridgehead atoms. The van der Waals surface area contributed by atoms with Crippen molar-refractivity contribution in [3.63, 3.8) is 0 Å². The Labute approximate surface area is 169 Å². The summed E-state index contributed by atoms with van der Waals surface area (Å²) >= 11 is 2.08. The van der Waals surface area contributed by atoms with E-state index in [-0.39, 0.29) is 24.8 Å². The molecule has 2 aromatic carbocycles. The van der Waals surface area contributed by atoms with Gasteiger partial charge < -0.3 is 5.11 Å².